The minimum absolute atomic E-state index is 0.130. The average Bonchev–Trinajstić information content (AvgIpc) is 2.38. The molecule has 0 aliphatic carbocycles. The first-order valence-electron chi connectivity index (χ1n) is 5.97. The molecule has 8 nitrogen and oxygen atoms in total. The van der Waals surface area contributed by atoms with Crippen molar-refractivity contribution < 1.29 is 23.6 Å². The van der Waals surface area contributed by atoms with Crippen molar-refractivity contribution in [1.82, 2.24) is 0 Å². The molecule has 0 spiro atoms. The summed E-state index contributed by atoms with van der Waals surface area (Å²) in [7, 11) is -3.62. The first-order chi connectivity index (χ1) is 9.35. The molecule has 20 heavy (non-hydrogen) atoms. The zero-order chi connectivity index (χ0) is 15.3. The second-order valence-corrected chi connectivity index (χ2v) is 5.98. The largest absolute Gasteiger partial charge is 0.502 e. The zero-order valence-corrected chi connectivity index (χ0v) is 12.1. The molecule has 0 radical (unpaired) electrons. The molecule has 0 aliphatic heterocycles. The van der Waals surface area contributed by atoms with E-state index >= 15 is 0 Å². The first-order valence-corrected chi connectivity index (χ1v) is 7.58. The third-order valence-electron chi connectivity index (χ3n) is 2.50. The van der Waals surface area contributed by atoms with Crippen LogP contribution in [-0.4, -0.2) is 23.2 Å². The van der Waals surface area contributed by atoms with Crippen LogP contribution in [0.2, 0.25) is 0 Å². The van der Waals surface area contributed by atoms with E-state index in [1.807, 2.05) is 0 Å². The fourth-order valence-corrected chi connectivity index (χ4v) is 3.25. The van der Waals surface area contributed by atoms with E-state index in [1.165, 1.54) is 6.07 Å². The molecule has 1 aromatic carbocycles. The van der Waals surface area contributed by atoms with Crippen molar-refractivity contribution in [2.45, 2.75) is 19.6 Å². The van der Waals surface area contributed by atoms with E-state index in [4.69, 9.17) is 14.8 Å². The van der Waals surface area contributed by atoms with Gasteiger partial charge in [-0.25, -0.2) is 0 Å². The lowest BCUT2D eigenvalue weighted by Crippen LogP contribution is -2.15. The Labute approximate surface area is 116 Å². The van der Waals surface area contributed by atoms with Crippen molar-refractivity contribution in [3.63, 3.8) is 0 Å². The van der Waals surface area contributed by atoms with Gasteiger partial charge in [0, 0.05) is 6.07 Å². The van der Waals surface area contributed by atoms with Gasteiger partial charge in [0.1, 0.15) is 5.78 Å². The molecule has 9 heteroatoms. The molecule has 0 saturated carbocycles. The molecule has 0 unspecified atom stereocenters. The van der Waals surface area contributed by atoms with Gasteiger partial charge in [0.25, 0.3) is 0 Å². The van der Waals surface area contributed by atoms with Gasteiger partial charge in [0.05, 0.1) is 18.1 Å². The number of nitro groups is 1. The standard InChI is InChI=1S/C11H17N2O6P/c1-3-18-20(17,19-4-2)11(12)8-5-6-10(14)9(7-8)13(15)16/h5-7,11,14H,3-4,12H2,1-2H3/t11-/m0/s1. The van der Waals surface area contributed by atoms with E-state index in [0.717, 1.165) is 12.1 Å². The predicted octanol–water partition coefficient (Wildman–Crippen LogP) is 2.52. The fraction of sp³-hybridized carbons (Fsp3) is 0.455. The summed E-state index contributed by atoms with van der Waals surface area (Å²) >= 11 is 0. The van der Waals surface area contributed by atoms with E-state index in [1.54, 1.807) is 13.8 Å². The van der Waals surface area contributed by atoms with E-state index in [-0.39, 0.29) is 18.8 Å². The number of hydrogen-bond acceptors (Lipinski definition) is 7. The quantitative estimate of drug-likeness (QED) is 0.450. The minimum atomic E-state index is -3.62. The lowest BCUT2D eigenvalue weighted by Gasteiger charge is -2.23. The highest BCUT2D eigenvalue weighted by atomic mass is 31.2. The number of hydrogen-bond donors (Lipinski definition) is 2. The van der Waals surface area contributed by atoms with Crippen LogP contribution in [-0.2, 0) is 13.6 Å². The summed E-state index contributed by atoms with van der Waals surface area (Å²) in [6.07, 6.45) is 0. The summed E-state index contributed by atoms with van der Waals surface area (Å²) in [5.41, 5.74) is 5.53. The molecule has 1 aromatic rings. The van der Waals surface area contributed by atoms with Gasteiger partial charge in [-0.2, -0.15) is 0 Å². The molecule has 0 amide bonds. The summed E-state index contributed by atoms with van der Waals surface area (Å²) in [6, 6.07) is 3.53. The van der Waals surface area contributed by atoms with Gasteiger partial charge in [-0.15, -0.1) is 0 Å². The monoisotopic (exact) mass is 304 g/mol. The molecule has 0 aromatic heterocycles. The molecular formula is C11H17N2O6P. The van der Waals surface area contributed by atoms with E-state index < -0.39 is 29.7 Å². The smallest absolute Gasteiger partial charge is 0.351 e. The lowest BCUT2D eigenvalue weighted by atomic mass is 10.2. The van der Waals surface area contributed by atoms with Crippen LogP contribution >= 0.6 is 7.60 Å². The van der Waals surface area contributed by atoms with E-state index in [9.17, 15) is 19.8 Å². The van der Waals surface area contributed by atoms with Gasteiger partial charge >= 0.3 is 13.3 Å². The number of rotatable bonds is 7. The maximum Gasteiger partial charge on any atom is 0.351 e. The van der Waals surface area contributed by atoms with Crippen LogP contribution in [0.5, 0.6) is 5.75 Å². The highest BCUT2D eigenvalue weighted by molar-refractivity contribution is 7.54. The Morgan fingerprint density at radius 1 is 1.40 bits per heavy atom. The van der Waals surface area contributed by atoms with Crippen molar-refractivity contribution in [1.29, 1.82) is 0 Å². The number of phenolic OH excluding ortho intramolecular Hbond substituents is 1. The van der Waals surface area contributed by atoms with E-state index in [0.29, 0.717) is 0 Å². The summed E-state index contributed by atoms with van der Waals surface area (Å²) in [5, 5.41) is 20.2. The number of nitrogens with zero attached hydrogens (tertiary/aromatic N) is 1. The normalized spacial score (nSPS) is 13.2. The molecule has 3 N–H and O–H groups in total. The van der Waals surface area contributed by atoms with Crippen LogP contribution in [0.15, 0.2) is 18.2 Å². The molecule has 0 heterocycles. The Bertz CT molecular complexity index is 526. The van der Waals surface area contributed by atoms with Gasteiger partial charge in [-0.05, 0) is 25.5 Å². The molecule has 0 saturated heterocycles. The predicted molar refractivity (Wildman–Crippen MR) is 72.5 cm³/mol. The van der Waals surface area contributed by atoms with Crippen LogP contribution in [0, 0.1) is 10.1 Å². The summed E-state index contributed by atoms with van der Waals surface area (Å²) in [4.78, 5) is 10.0. The average molecular weight is 304 g/mol. The van der Waals surface area contributed by atoms with E-state index in [2.05, 4.69) is 0 Å². The van der Waals surface area contributed by atoms with Crippen LogP contribution in [0.3, 0.4) is 0 Å². The number of nitrogens with two attached hydrogens (primary N) is 1. The first kappa shape index (κ1) is 16.6. The third-order valence-corrected chi connectivity index (χ3v) is 4.71. The summed E-state index contributed by atoms with van der Waals surface area (Å²) in [6.45, 7) is 3.53. The third kappa shape index (κ3) is 3.55. The van der Waals surface area contributed by atoms with Crippen molar-refractivity contribution in [2.24, 2.45) is 5.73 Å². The molecule has 0 aliphatic rings. The Balaban J connectivity index is 3.18. The Morgan fingerprint density at radius 3 is 2.40 bits per heavy atom. The van der Waals surface area contributed by atoms with Crippen molar-refractivity contribution in [3.05, 3.63) is 33.9 Å². The fourth-order valence-electron chi connectivity index (χ4n) is 1.61. The molecule has 0 fully saturated rings. The second kappa shape index (κ2) is 6.81. The molecule has 0 bridgehead atoms. The van der Waals surface area contributed by atoms with Crippen LogP contribution < -0.4 is 5.73 Å². The maximum atomic E-state index is 12.5. The molecular weight excluding hydrogens is 287 g/mol. The number of benzene rings is 1. The second-order valence-electron chi connectivity index (χ2n) is 3.83. The lowest BCUT2D eigenvalue weighted by molar-refractivity contribution is -0.385. The van der Waals surface area contributed by atoms with Crippen molar-refractivity contribution in [3.8, 4) is 5.75 Å². The molecule has 1 atom stereocenters. The SMILES string of the molecule is CCOP(=O)(OCC)[C@H](N)c1ccc(O)c([N+](=O)[O-])c1. The van der Waals surface area contributed by atoms with Gasteiger partial charge in [-0.3, -0.25) is 14.7 Å². The zero-order valence-electron chi connectivity index (χ0n) is 11.2. The maximum absolute atomic E-state index is 12.5. The number of nitro benzene ring substituents is 1. The highest BCUT2D eigenvalue weighted by Gasteiger charge is 2.35. The number of aromatic hydroxyl groups is 1. The van der Waals surface area contributed by atoms with Crippen LogP contribution in [0.25, 0.3) is 0 Å². The van der Waals surface area contributed by atoms with Crippen LogP contribution in [0.4, 0.5) is 5.69 Å². The minimum Gasteiger partial charge on any atom is -0.502 e. The van der Waals surface area contributed by atoms with Crippen LogP contribution in [0.1, 0.15) is 25.2 Å². The van der Waals surface area contributed by atoms with Gasteiger partial charge in [0.2, 0.25) is 0 Å². The topological polar surface area (TPSA) is 125 Å². The van der Waals surface area contributed by atoms with Gasteiger partial charge in [-0.1, -0.05) is 6.07 Å². The number of phenols is 1. The van der Waals surface area contributed by atoms with Gasteiger partial charge in [0.15, 0.2) is 5.75 Å². The molecule has 112 valence electrons. The van der Waals surface area contributed by atoms with Crippen molar-refractivity contribution >= 4 is 13.3 Å². The van der Waals surface area contributed by atoms with Gasteiger partial charge < -0.3 is 19.9 Å². The highest BCUT2D eigenvalue weighted by Crippen LogP contribution is 2.58. The summed E-state index contributed by atoms with van der Waals surface area (Å²) < 4.78 is 22.7. The van der Waals surface area contributed by atoms with Crippen molar-refractivity contribution in [2.75, 3.05) is 13.2 Å². The molecule has 1 rings (SSSR count). The Hall–Kier alpha value is -1.47. The Morgan fingerprint density at radius 2 is 1.95 bits per heavy atom. The summed E-state index contributed by atoms with van der Waals surface area (Å²) in [5.74, 6) is -1.66. The Kier molecular flexibility index (Phi) is 5.64.